The Morgan fingerprint density at radius 2 is 1.62 bits per heavy atom. The summed E-state index contributed by atoms with van der Waals surface area (Å²) in [6.07, 6.45) is 0. The van der Waals surface area contributed by atoms with Crippen LogP contribution < -0.4 is 15.0 Å². The van der Waals surface area contributed by atoms with E-state index in [0.717, 1.165) is 36.9 Å². The van der Waals surface area contributed by atoms with E-state index in [0.29, 0.717) is 5.13 Å². The van der Waals surface area contributed by atoms with Gasteiger partial charge in [0.05, 0.1) is 24.2 Å². The number of anilines is 4. The monoisotopic (exact) mass is 478 g/mol. The van der Waals surface area contributed by atoms with Gasteiger partial charge in [0.2, 0.25) is 11.0 Å². The number of ether oxygens (including phenoxy) is 1. The average molecular weight is 479 g/mol. The molecular weight excluding hydrogens is 460 g/mol. The Bertz CT molecular complexity index is 1210. The van der Waals surface area contributed by atoms with E-state index in [1.807, 2.05) is 77.7 Å². The van der Waals surface area contributed by atoms with Gasteiger partial charge >= 0.3 is 0 Å². The molecule has 32 heavy (non-hydrogen) atoms. The molecule has 0 fully saturated rings. The fourth-order valence-corrected chi connectivity index (χ4v) is 5.96. The number of benzene rings is 3. The topological polar surface area (TPSA) is 67.3 Å². The van der Waals surface area contributed by atoms with E-state index in [4.69, 9.17) is 4.74 Å². The van der Waals surface area contributed by atoms with Crippen LogP contribution in [0.15, 0.2) is 86.9 Å². The van der Waals surface area contributed by atoms with E-state index in [1.165, 1.54) is 23.1 Å². The Labute approximate surface area is 198 Å². The lowest BCUT2D eigenvalue weighted by Gasteiger charge is -2.30. The lowest BCUT2D eigenvalue weighted by atomic mass is 10.2. The summed E-state index contributed by atoms with van der Waals surface area (Å²) < 4.78 is 5.92. The van der Waals surface area contributed by atoms with E-state index in [2.05, 4.69) is 15.5 Å². The quantitative estimate of drug-likeness (QED) is 0.330. The molecule has 0 atom stereocenters. The second kappa shape index (κ2) is 9.23. The highest BCUT2D eigenvalue weighted by Gasteiger charge is 2.27. The predicted molar refractivity (Wildman–Crippen MR) is 131 cm³/mol. The number of nitrogens with zero attached hydrogens (tertiary/aromatic N) is 3. The average Bonchev–Trinajstić information content (AvgIpc) is 3.28. The number of nitrogens with one attached hydrogen (secondary N) is 1. The molecule has 6 nitrogen and oxygen atoms in total. The van der Waals surface area contributed by atoms with Gasteiger partial charge < -0.3 is 10.1 Å². The highest BCUT2D eigenvalue weighted by atomic mass is 32.2. The van der Waals surface area contributed by atoms with Crippen molar-refractivity contribution in [3.05, 3.63) is 72.8 Å². The zero-order valence-corrected chi connectivity index (χ0v) is 19.5. The van der Waals surface area contributed by atoms with E-state index in [-0.39, 0.29) is 11.7 Å². The molecule has 160 valence electrons. The first-order valence-corrected chi connectivity index (χ1v) is 12.4. The largest absolute Gasteiger partial charge is 0.497 e. The Morgan fingerprint density at radius 1 is 0.969 bits per heavy atom. The Hall–Kier alpha value is -3.01. The van der Waals surface area contributed by atoms with Crippen molar-refractivity contribution < 1.29 is 9.53 Å². The first kappa shape index (κ1) is 20.9. The second-order valence-electron chi connectivity index (χ2n) is 6.78. The normalized spacial score (nSPS) is 12.1. The van der Waals surface area contributed by atoms with E-state index >= 15 is 0 Å². The number of hydrogen-bond donors (Lipinski definition) is 1. The summed E-state index contributed by atoms with van der Waals surface area (Å²) in [5.74, 6) is 1.07. The van der Waals surface area contributed by atoms with Crippen LogP contribution in [-0.4, -0.2) is 29.0 Å². The van der Waals surface area contributed by atoms with Gasteiger partial charge in [0.25, 0.3) is 0 Å². The van der Waals surface area contributed by atoms with Gasteiger partial charge in [-0.05, 0) is 48.5 Å². The van der Waals surface area contributed by atoms with Gasteiger partial charge in [-0.25, -0.2) is 0 Å². The van der Waals surface area contributed by atoms with Crippen molar-refractivity contribution in [2.75, 3.05) is 23.1 Å². The van der Waals surface area contributed by atoms with Gasteiger partial charge in [0, 0.05) is 15.5 Å². The fraction of sp³-hybridized carbons (Fsp3) is 0.0870. The number of fused-ring (bicyclic) bond motifs is 2. The highest BCUT2D eigenvalue weighted by Crippen LogP contribution is 2.48. The van der Waals surface area contributed by atoms with Crippen LogP contribution >= 0.6 is 34.9 Å². The third kappa shape index (κ3) is 4.32. The number of carbonyl (C=O) groups excluding carboxylic acids is 1. The third-order valence-electron chi connectivity index (χ3n) is 4.75. The van der Waals surface area contributed by atoms with E-state index in [9.17, 15) is 4.79 Å². The lowest BCUT2D eigenvalue weighted by Crippen LogP contribution is -2.29. The summed E-state index contributed by atoms with van der Waals surface area (Å²) in [5.41, 5.74) is 2.73. The number of para-hydroxylation sites is 2. The molecule has 0 saturated carbocycles. The number of aromatic nitrogens is 2. The van der Waals surface area contributed by atoms with Gasteiger partial charge in [0.15, 0.2) is 4.34 Å². The zero-order chi connectivity index (χ0) is 21.9. The maximum atomic E-state index is 13.3. The summed E-state index contributed by atoms with van der Waals surface area (Å²) >= 11 is 4.50. The smallest absolute Gasteiger partial charge is 0.242 e. The Balaban J connectivity index is 1.28. The fourth-order valence-electron chi connectivity index (χ4n) is 3.28. The molecule has 2 heterocycles. The molecule has 1 N–H and O–H groups in total. The van der Waals surface area contributed by atoms with Gasteiger partial charge in [-0.15, -0.1) is 10.2 Å². The summed E-state index contributed by atoms with van der Waals surface area (Å²) in [6.45, 7) is 0. The number of amides is 1. The van der Waals surface area contributed by atoms with Crippen LogP contribution in [0.4, 0.5) is 22.2 Å². The van der Waals surface area contributed by atoms with Crippen molar-refractivity contribution in [1.29, 1.82) is 0 Å². The molecule has 4 aromatic rings. The highest BCUT2D eigenvalue weighted by molar-refractivity contribution is 8.01. The maximum Gasteiger partial charge on any atom is 0.242 e. The molecule has 3 aromatic carbocycles. The van der Waals surface area contributed by atoms with Crippen LogP contribution in [-0.2, 0) is 4.79 Å². The van der Waals surface area contributed by atoms with Gasteiger partial charge in [-0.2, -0.15) is 0 Å². The van der Waals surface area contributed by atoms with E-state index in [1.54, 1.807) is 18.9 Å². The zero-order valence-electron chi connectivity index (χ0n) is 17.0. The lowest BCUT2D eigenvalue weighted by molar-refractivity contribution is -0.115. The number of hydrogen-bond acceptors (Lipinski definition) is 8. The Morgan fingerprint density at radius 3 is 2.28 bits per heavy atom. The first-order valence-electron chi connectivity index (χ1n) is 9.77. The Kier molecular flexibility index (Phi) is 6.02. The van der Waals surface area contributed by atoms with Crippen molar-refractivity contribution in [3.8, 4) is 5.75 Å². The van der Waals surface area contributed by atoms with Crippen LogP contribution in [0.1, 0.15) is 0 Å². The van der Waals surface area contributed by atoms with E-state index < -0.39 is 0 Å². The summed E-state index contributed by atoms with van der Waals surface area (Å²) in [5, 5.41) is 12.3. The van der Waals surface area contributed by atoms with Crippen LogP contribution in [0.5, 0.6) is 5.75 Å². The van der Waals surface area contributed by atoms with Gasteiger partial charge in [-0.3, -0.25) is 9.69 Å². The number of carbonyl (C=O) groups is 1. The predicted octanol–water partition coefficient (Wildman–Crippen LogP) is 6.21. The molecule has 1 aliphatic heterocycles. The SMILES string of the molecule is COc1ccc(Nc2nnc(SCC(=O)N3c4ccccc4Sc4ccccc43)s2)cc1. The minimum Gasteiger partial charge on any atom is -0.497 e. The molecule has 1 aromatic heterocycles. The number of rotatable bonds is 6. The minimum atomic E-state index is 0.00932. The molecule has 1 aliphatic rings. The maximum absolute atomic E-state index is 13.3. The van der Waals surface area contributed by atoms with Crippen LogP contribution in [0.2, 0.25) is 0 Å². The molecular formula is C23H18N4O2S3. The molecule has 0 aliphatic carbocycles. The standard InChI is InChI=1S/C23H18N4O2S3/c1-29-16-12-10-15(11-13-16)24-22-25-26-23(32-22)30-14-21(28)27-17-6-2-4-8-19(17)31-20-9-5-3-7-18(20)27/h2-13H,14H2,1H3,(H,24,25). The van der Waals surface area contributed by atoms with Crippen LogP contribution in [0.3, 0.4) is 0 Å². The van der Waals surface area contributed by atoms with Crippen molar-refractivity contribution in [2.45, 2.75) is 14.1 Å². The molecule has 0 bridgehead atoms. The molecule has 0 radical (unpaired) electrons. The first-order chi connectivity index (χ1) is 15.7. The summed E-state index contributed by atoms with van der Waals surface area (Å²) in [7, 11) is 1.64. The van der Waals surface area contributed by atoms with Gasteiger partial charge in [-0.1, -0.05) is 59.1 Å². The molecule has 5 rings (SSSR count). The molecule has 0 unspecified atom stereocenters. The van der Waals surface area contributed by atoms with Crippen molar-refractivity contribution in [1.82, 2.24) is 10.2 Å². The summed E-state index contributed by atoms with van der Waals surface area (Å²) in [6, 6.07) is 23.6. The van der Waals surface area contributed by atoms with Crippen LogP contribution in [0, 0.1) is 0 Å². The molecule has 1 amide bonds. The number of methoxy groups -OCH3 is 1. The third-order valence-corrected chi connectivity index (χ3v) is 7.84. The van der Waals surface area contributed by atoms with Gasteiger partial charge in [0.1, 0.15) is 5.75 Å². The van der Waals surface area contributed by atoms with Crippen molar-refractivity contribution in [2.24, 2.45) is 0 Å². The minimum absolute atomic E-state index is 0.00932. The number of thioether (sulfide) groups is 1. The molecule has 0 spiro atoms. The van der Waals surface area contributed by atoms with Crippen LogP contribution in [0.25, 0.3) is 0 Å². The van der Waals surface area contributed by atoms with Crippen molar-refractivity contribution in [3.63, 3.8) is 0 Å². The summed E-state index contributed by atoms with van der Waals surface area (Å²) in [4.78, 5) is 17.2. The molecule has 9 heteroatoms. The molecule has 0 saturated heterocycles. The van der Waals surface area contributed by atoms with Crippen molar-refractivity contribution >= 4 is 63.0 Å². The second-order valence-corrected chi connectivity index (χ2v) is 10.1.